The number of aromatic nitrogens is 1. The highest BCUT2D eigenvalue weighted by Crippen LogP contribution is 2.33. The van der Waals surface area contributed by atoms with Crippen LogP contribution in [0.5, 0.6) is 0 Å². The summed E-state index contributed by atoms with van der Waals surface area (Å²) in [4.78, 5) is 18.0. The number of amides is 1. The summed E-state index contributed by atoms with van der Waals surface area (Å²) in [7, 11) is 0. The van der Waals surface area contributed by atoms with E-state index in [2.05, 4.69) is 11.1 Å². The van der Waals surface area contributed by atoms with E-state index in [9.17, 15) is 4.79 Å². The van der Waals surface area contributed by atoms with Crippen LogP contribution in [0.4, 0.5) is 10.8 Å². The molecule has 0 radical (unpaired) electrons. The van der Waals surface area contributed by atoms with Crippen molar-refractivity contribution in [3.63, 3.8) is 0 Å². The third-order valence-corrected chi connectivity index (χ3v) is 4.07. The van der Waals surface area contributed by atoms with Crippen LogP contribution in [-0.2, 0) is 11.2 Å². The van der Waals surface area contributed by atoms with Gasteiger partial charge in [-0.3, -0.25) is 4.79 Å². The van der Waals surface area contributed by atoms with Crippen LogP contribution in [0.1, 0.15) is 18.9 Å². The summed E-state index contributed by atoms with van der Waals surface area (Å²) in [5, 5.41) is 2.54. The molecule has 1 aromatic carbocycles. The second-order valence-electron chi connectivity index (χ2n) is 4.56. The number of carbonyl (C=O) groups is 1. The van der Waals surface area contributed by atoms with Crippen molar-refractivity contribution in [2.24, 2.45) is 0 Å². The number of thiazole rings is 1. The van der Waals surface area contributed by atoms with Crippen LogP contribution in [0.25, 0.3) is 11.3 Å². The minimum Gasteiger partial charge on any atom is -0.375 e. The largest absolute Gasteiger partial charge is 0.375 e. The lowest BCUT2D eigenvalue weighted by Crippen LogP contribution is -2.27. The summed E-state index contributed by atoms with van der Waals surface area (Å²) in [5.74, 6) is 0.185. The molecule has 0 unspecified atom stereocenters. The van der Waals surface area contributed by atoms with Crippen molar-refractivity contribution in [1.29, 1.82) is 0 Å². The van der Waals surface area contributed by atoms with E-state index in [1.54, 1.807) is 0 Å². The van der Waals surface area contributed by atoms with Crippen molar-refractivity contribution in [3.05, 3.63) is 29.1 Å². The molecule has 5 heteroatoms. The van der Waals surface area contributed by atoms with E-state index in [4.69, 9.17) is 5.73 Å². The van der Waals surface area contributed by atoms with Gasteiger partial charge >= 0.3 is 0 Å². The maximum Gasteiger partial charge on any atom is 0.226 e. The first kappa shape index (κ1) is 12.2. The second kappa shape index (κ2) is 4.66. The molecule has 19 heavy (non-hydrogen) atoms. The molecule has 1 aromatic heterocycles. The molecule has 1 amide bonds. The standard InChI is InChI=1S/C14H15N3OS/c1-2-13(18)17-6-5-10-7-9(3-4-12(10)17)11-8-19-14(15)16-11/h3-4,7-8H,2,5-6H2,1H3,(H2,15,16). The number of benzene rings is 1. The number of rotatable bonds is 2. The zero-order chi connectivity index (χ0) is 13.4. The van der Waals surface area contributed by atoms with Gasteiger partial charge in [0.05, 0.1) is 5.69 Å². The molecule has 0 spiro atoms. The fourth-order valence-corrected chi connectivity index (χ4v) is 3.00. The van der Waals surface area contributed by atoms with Crippen LogP contribution in [0.15, 0.2) is 23.6 Å². The smallest absolute Gasteiger partial charge is 0.226 e. The fourth-order valence-electron chi connectivity index (χ4n) is 2.43. The summed E-state index contributed by atoms with van der Waals surface area (Å²) in [5.41, 5.74) is 9.89. The minimum absolute atomic E-state index is 0.185. The Morgan fingerprint density at radius 3 is 3.05 bits per heavy atom. The molecule has 0 aliphatic carbocycles. The molecule has 1 aliphatic rings. The Morgan fingerprint density at radius 2 is 2.37 bits per heavy atom. The molecule has 0 saturated heterocycles. The van der Waals surface area contributed by atoms with Gasteiger partial charge in [0.15, 0.2) is 5.13 Å². The summed E-state index contributed by atoms with van der Waals surface area (Å²) < 4.78 is 0. The monoisotopic (exact) mass is 273 g/mol. The molecule has 2 aromatic rings. The molecule has 4 nitrogen and oxygen atoms in total. The van der Waals surface area contributed by atoms with Crippen molar-refractivity contribution in [3.8, 4) is 11.3 Å². The topological polar surface area (TPSA) is 59.2 Å². The van der Waals surface area contributed by atoms with Gasteiger partial charge < -0.3 is 10.6 Å². The molecule has 2 N–H and O–H groups in total. The lowest BCUT2D eigenvalue weighted by molar-refractivity contribution is -0.118. The first-order valence-corrected chi connectivity index (χ1v) is 7.21. The first-order chi connectivity index (χ1) is 9.19. The number of hydrogen-bond acceptors (Lipinski definition) is 4. The van der Waals surface area contributed by atoms with E-state index < -0.39 is 0 Å². The van der Waals surface area contributed by atoms with E-state index in [-0.39, 0.29) is 5.91 Å². The first-order valence-electron chi connectivity index (χ1n) is 6.33. The fraction of sp³-hybridized carbons (Fsp3) is 0.286. The lowest BCUT2D eigenvalue weighted by Gasteiger charge is -2.16. The van der Waals surface area contributed by atoms with Crippen LogP contribution in [0, 0.1) is 0 Å². The summed E-state index contributed by atoms with van der Waals surface area (Å²) in [6.45, 7) is 2.68. The predicted molar refractivity (Wildman–Crippen MR) is 78.3 cm³/mol. The van der Waals surface area contributed by atoms with Crippen LogP contribution >= 0.6 is 11.3 Å². The number of nitrogens with two attached hydrogens (primary N) is 1. The highest BCUT2D eigenvalue weighted by molar-refractivity contribution is 7.13. The number of nitrogen functional groups attached to an aromatic ring is 1. The zero-order valence-corrected chi connectivity index (χ0v) is 11.5. The Labute approximate surface area is 115 Å². The highest BCUT2D eigenvalue weighted by Gasteiger charge is 2.23. The molecule has 0 bridgehead atoms. The maximum absolute atomic E-state index is 11.8. The number of anilines is 2. The number of fused-ring (bicyclic) bond motifs is 1. The van der Waals surface area contributed by atoms with Gasteiger partial charge in [0, 0.05) is 29.6 Å². The lowest BCUT2D eigenvalue weighted by atomic mass is 10.1. The minimum atomic E-state index is 0.185. The van der Waals surface area contributed by atoms with Crippen molar-refractivity contribution in [2.75, 3.05) is 17.2 Å². The Balaban J connectivity index is 1.96. The SMILES string of the molecule is CCC(=O)N1CCc2cc(-c3csc(N)n3)ccc21. The van der Waals surface area contributed by atoms with Crippen molar-refractivity contribution in [2.45, 2.75) is 19.8 Å². The summed E-state index contributed by atoms with van der Waals surface area (Å²) in [6, 6.07) is 6.14. The third-order valence-electron chi connectivity index (χ3n) is 3.40. The quantitative estimate of drug-likeness (QED) is 0.915. The molecule has 3 rings (SSSR count). The number of nitrogens with zero attached hydrogens (tertiary/aromatic N) is 2. The van der Waals surface area contributed by atoms with Gasteiger partial charge in [-0.2, -0.15) is 0 Å². The average molecular weight is 273 g/mol. The summed E-state index contributed by atoms with van der Waals surface area (Å²) in [6.07, 6.45) is 1.46. The number of carbonyl (C=O) groups excluding carboxylic acids is 1. The van der Waals surface area contributed by atoms with E-state index in [0.29, 0.717) is 11.6 Å². The van der Waals surface area contributed by atoms with E-state index in [1.807, 2.05) is 29.3 Å². The van der Waals surface area contributed by atoms with E-state index >= 15 is 0 Å². The van der Waals surface area contributed by atoms with Gasteiger partial charge in [-0.05, 0) is 24.1 Å². The molecule has 98 valence electrons. The van der Waals surface area contributed by atoms with Gasteiger partial charge in [-0.15, -0.1) is 11.3 Å². The van der Waals surface area contributed by atoms with Gasteiger partial charge in [-0.25, -0.2) is 4.98 Å². The van der Waals surface area contributed by atoms with E-state index in [1.165, 1.54) is 16.9 Å². The second-order valence-corrected chi connectivity index (χ2v) is 5.45. The maximum atomic E-state index is 11.8. The average Bonchev–Trinajstić information content (AvgIpc) is 3.03. The van der Waals surface area contributed by atoms with Crippen LogP contribution in [-0.4, -0.2) is 17.4 Å². The molecule has 0 atom stereocenters. The molecular weight excluding hydrogens is 258 g/mol. The van der Waals surface area contributed by atoms with Crippen molar-refractivity contribution >= 4 is 28.1 Å². The molecule has 0 fully saturated rings. The van der Waals surface area contributed by atoms with Crippen molar-refractivity contribution in [1.82, 2.24) is 4.98 Å². The summed E-state index contributed by atoms with van der Waals surface area (Å²) >= 11 is 1.44. The molecule has 1 aliphatic heterocycles. The Bertz CT molecular complexity index is 635. The molecular formula is C14H15N3OS. The van der Waals surface area contributed by atoms with Gasteiger partial charge in [0.1, 0.15) is 0 Å². The van der Waals surface area contributed by atoms with E-state index in [0.717, 1.165) is 29.9 Å². The van der Waals surface area contributed by atoms with Gasteiger partial charge in [0.2, 0.25) is 5.91 Å². The highest BCUT2D eigenvalue weighted by atomic mass is 32.1. The van der Waals surface area contributed by atoms with Crippen LogP contribution in [0.3, 0.4) is 0 Å². The van der Waals surface area contributed by atoms with Crippen LogP contribution in [0.2, 0.25) is 0 Å². The van der Waals surface area contributed by atoms with Crippen LogP contribution < -0.4 is 10.6 Å². The number of hydrogen-bond donors (Lipinski definition) is 1. The van der Waals surface area contributed by atoms with Gasteiger partial charge in [0.25, 0.3) is 0 Å². The van der Waals surface area contributed by atoms with Gasteiger partial charge in [-0.1, -0.05) is 13.0 Å². The molecule has 2 heterocycles. The zero-order valence-electron chi connectivity index (χ0n) is 10.7. The Kier molecular flexibility index (Phi) is 2.98. The third kappa shape index (κ3) is 2.10. The normalized spacial score (nSPS) is 13.6. The van der Waals surface area contributed by atoms with Crippen molar-refractivity contribution < 1.29 is 4.79 Å². The molecule has 0 saturated carbocycles. The Morgan fingerprint density at radius 1 is 1.53 bits per heavy atom. The Hall–Kier alpha value is -1.88. The predicted octanol–water partition coefficient (Wildman–Crippen LogP) is 2.69.